The Labute approximate surface area is 193 Å². The summed E-state index contributed by atoms with van der Waals surface area (Å²) in [5.41, 5.74) is -0.188. The molecule has 1 fully saturated rings. The van der Waals surface area contributed by atoms with Crippen molar-refractivity contribution in [3.63, 3.8) is 0 Å². The lowest BCUT2D eigenvalue weighted by molar-refractivity contribution is -0.116. The van der Waals surface area contributed by atoms with Crippen LogP contribution in [0.3, 0.4) is 0 Å². The van der Waals surface area contributed by atoms with Gasteiger partial charge in [-0.25, -0.2) is 0 Å². The van der Waals surface area contributed by atoms with Crippen LogP contribution in [0, 0.1) is 0 Å². The molecule has 4 aromatic rings. The SMILES string of the molecule is O=C1C([P+](c2ccccc2)(c2ccccc2)c2ccccc2)CCN1c1ccc(Cl)nn1. The molecule has 1 unspecified atom stereocenters. The molecule has 1 aromatic heterocycles. The smallest absolute Gasteiger partial charge is 0.270 e. The van der Waals surface area contributed by atoms with Crippen molar-refractivity contribution in [3.8, 4) is 0 Å². The van der Waals surface area contributed by atoms with Gasteiger partial charge in [0.25, 0.3) is 5.91 Å². The zero-order valence-corrected chi connectivity index (χ0v) is 19.0. The van der Waals surface area contributed by atoms with E-state index >= 15 is 0 Å². The third-order valence-electron chi connectivity index (χ3n) is 6.03. The summed E-state index contributed by atoms with van der Waals surface area (Å²) in [5.74, 6) is 0.640. The van der Waals surface area contributed by atoms with Gasteiger partial charge in [0.05, 0.1) is 0 Å². The van der Waals surface area contributed by atoms with E-state index in [4.69, 9.17) is 11.6 Å². The van der Waals surface area contributed by atoms with Crippen LogP contribution in [0.15, 0.2) is 103 Å². The van der Waals surface area contributed by atoms with Gasteiger partial charge in [-0.2, -0.15) is 0 Å². The number of halogens is 1. The molecule has 2 heterocycles. The number of hydrogen-bond donors (Lipinski definition) is 0. The van der Waals surface area contributed by atoms with E-state index in [1.165, 1.54) is 15.9 Å². The van der Waals surface area contributed by atoms with Crippen LogP contribution in [0.2, 0.25) is 5.15 Å². The summed E-state index contributed by atoms with van der Waals surface area (Å²) in [6.45, 7) is 0.605. The van der Waals surface area contributed by atoms with Gasteiger partial charge in [0.2, 0.25) is 0 Å². The van der Waals surface area contributed by atoms with Crippen molar-refractivity contribution in [1.29, 1.82) is 0 Å². The van der Waals surface area contributed by atoms with Crippen LogP contribution in [0.25, 0.3) is 0 Å². The van der Waals surface area contributed by atoms with Crippen LogP contribution < -0.4 is 20.8 Å². The van der Waals surface area contributed by atoms with Crippen molar-refractivity contribution in [2.45, 2.75) is 12.1 Å². The highest BCUT2D eigenvalue weighted by atomic mass is 35.5. The maximum absolute atomic E-state index is 14.0. The van der Waals surface area contributed by atoms with Gasteiger partial charge < -0.3 is 0 Å². The molecule has 0 bridgehead atoms. The average Bonchev–Trinajstić information content (AvgIpc) is 3.24. The number of rotatable bonds is 5. The molecule has 3 aromatic carbocycles. The molecular formula is C26H22ClN3OP+. The Balaban J connectivity index is 1.72. The molecule has 5 rings (SSSR count). The molecule has 32 heavy (non-hydrogen) atoms. The Morgan fingerprint density at radius 3 is 1.66 bits per heavy atom. The minimum Gasteiger partial charge on any atom is -0.292 e. The molecule has 0 N–H and O–H groups in total. The van der Waals surface area contributed by atoms with Crippen LogP contribution in [-0.2, 0) is 4.79 Å². The summed E-state index contributed by atoms with van der Waals surface area (Å²) in [6, 6.07) is 35.0. The first-order valence-corrected chi connectivity index (χ1v) is 12.8. The molecule has 1 atom stereocenters. The summed E-state index contributed by atoms with van der Waals surface area (Å²) in [5, 5.41) is 12.1. The number of anilines is 1. The summed E-state index contributed by atoms with van der Waals surface area (Å²) in [7, 11) is -2.29. The Bertz CT molecular complexity index is 1110. The first-order chi connectivity index (χ1) is 15.7. The fraction of sp³-hybridized carbons (Fsp3) is 0.115. The Kier molecular flexibility index (Phi) is 5.73. The number of hydrogen-bond acceptors (Lipinski definition) is 3. The molecule has 1 amide bonds. The van der Waals surface area contributed by atoms with E-state index in [2.05, 4.69) is 83.0 Å². The van der Waals surface area contributed by atoms with E-state index in [0.29, 0.717) is 17.5 Å². The third-order valence-corrected chi connectivity index (χ3v) is 11.0. The highest BCUT2D eigenvalue weighted by Gasteiger charge is 2.58. The van der Waals surface area contributed by atoms with Crippen molar-refractivity contribution >= 4 is 46.5 Å². The zero-order valence-electron chi connectivity index (χ0n) is 17.4. The average molecular weight is 459 g/mol. The van der Waals surface area contributed by atoms with Crippen molar-refractivity contribution in [2.24, 2.45) is 0 Å². The van der Waals surface area contributed by atoms with Crippen molar-refractivity contribution in [1.82, 2.24) is 10.2 Å². The van der Waals surface area contributed by atoms with E-state index in [9.17, 15) is 4.79 Å². The highest BCUT2D eigenvalue weighted by molar-refractivity contribution is 7.97. The summed E-state index contributed by atoms with van der Waals surface area (Å²) < 4.78 is 0. The summed E-state index contributed by atoms with van der Waals surface area (Å²) in [4.78, 5) is 15.8. The maximum atomic E-state index is 14.0. The predicted octanol–water partition coefficient (Wildman–Crippen LogP) is 4.23. The third kappa shape index (κ3) is 3.50. The van der Waals surface area contributed by atoms with Gasteiger partial charge in [-0.3, -0.25) is 9.69 Å². The fourth-order valence-electron chi connectivity index (χ4n) is 4.68. The van der Waals surface area contributed by atoms with Gasteiger partial charge >= 0.3 is 0 Å². The second kappa shape index (κ2) is 8.82. The standard InChI is InChI=1S/C26H22ClN3OP/c27-24-16-17-25(29-28-24)30-19-18-23(26(30)31)32(20-10-4-1-5-11-20,21-12-6-2-7-13-21)22-14-8-3-9-15-22/h1-17,23H,18-19H2/q+1. The number of aromatic nitrogens is 2. The van der Waals surface area contributed by atoms with Gasteiger partial charge in [-0.15, -0.1) is 10.2 Å². The van der Waals surface area contributed by atoms with E-state index in [0.717, 1.165) is 6.42 Å². The van der Waals surface area contributed by atoms with Crippen LogP contribution in [-0.4, -0.2) is 28.3 Å². The number of amides is 1. The Morgan fingerprint density at radius 1 is 0.719 bits per heavy atom. The molecule has 6 heteroatoms. The molecule has 1 saturated heterocycles. The van der Waals surface area contributed by atoms with E-state index < -0.39 is 7.26 Å². The van der Waals surface area contributed by atoms with Crippen molar-refractivity contribution < 1.29 is 4.79 Å². The van der Waals surface area contributed by atoms with Gasteiger partial charge in [0.1, 0.15) is 23.2 Å². The predicted molar refractivity (Wildman–Crippen MR) is 133 cm³/mol. The van der Waals surface area contributed by atoms with E-state index in [1.54, 1.807) is 17.0 Å². The van der Waals surface area contributed by atoms with Crippen LogP contribution in [0.5, 0.6) is 0 Å². The van der Waals surface area contributed by atoms with E-state index in [1.807, 2.05) is 18.2 Å². The van der Waals surface area contributed by atoms with Crippen LogP contribution >= 0.6 is 18.9 Å². The molecule has 1 aliphatic heterocycles. The molecule has 158 valence electrons. The first kappa shape index (κ1) is 20.8. The minimum absolute atomic E-state index is 0.0894. The quantitative estimate of drug-likeness (QED) is 0.420. The Morgan fingerprint density at radius 2 is 1.22 bits per heavy atom. The minimum atomic E-state index is -2.29. The van der Waals surface area contributed by atoms with Gasteiger partial charge in [0, 0.05) is 13.0 Å². The molecule has 0 spiro atoms. The van der Waals surface area contributed by atoms with Gasteiger partial charge in [0.15, 0.2) is 16.6 Å². The number of carbonyl (C=O) groups excluding carboxylic acids is 1. The largest absolute Gasteiger partial charge is 0.292 e. The van der Waals surface area contributed by atoms with Crippen LogP contribution in [0.4, 0.5) is 5.82 Å². The van der Waals surface area contributed by atoms with Crippen molar-refractivity contribution in [2.75, 3.05) is 11.4 Å². The van der Waals surface area contributed by atoms with Crippen LogP contribution in [0.1, 0.15) is 6.42 Å². The monoisotopic (exact) mass is 458 g/mol. The Hall–Kier alpha value is -3.07. The normalized spacial score (nSPS) is 16.3. The number of nitrogens with zero attached hydrogens (tertiary/aromatic N) is 3. The van der Waals surface area contributed by atoms with Crippen molar-refractivity contribution in [3.05, 3.63) is 108 Å². The summed E-state index contributed by atoms with van der Waals surface area (Å²) in [6.07, 6.45) is 0.746. The second-order valence-electron chi connectivity index (χ2n) is 7.74. The number of benzene rings is 3. The lowest BCUT2D eigenvalue weighted by atomic mass is 10.3. The lowest BCUT2D eigenvalue weighted by Gasteiger charge is -2.31. The molecule has 1 aliphatic rings. The molecule has 0 saturated carbocycles. The topological polar surface area (TPSA) is 46.1 Å². The molecule has 0 radical (unpaired) electrons. The van der Waals surface area contributed by atoms with E-state index in [-0.39, 0.29) is 11.6 Å². The molecule has 0 aliphatic carbocycles. The molecule has 4 nitrogen and oxygen atoms in total. The lowest BCUT2D eigenvalue weighted by Crippen LogP contribution is -2.43. The summed E-state index contributed by atoms with van der Waals surface area (Å²) >= 11 is 5.92. The van der Waals surface area contributed by atoms with Gasteiger partial charge in [-0.05, 0) is 48.5 Å². The van der Waals surface area contributed by atoms with Gasteiger partial charge in [-0.1, -0.05) is 66.2 Å². The fourth-order valence-corrected chi connectivity index (χ4v) is 9.66. The first-order valence-electron chi connectivity index (χ1n) is 10.6. The highest BCUT2D eigenvalue weighted by Crippen LogP contribution is 2.62. The molecular weight excluding hydrogens is 437 g/mol. The second-order valence-corrected chi connectivity index (χ2v) is 11.7. The number of carbonyl (C=O) groups is 1. The maximum Gasteiger partial charge on any atom is 0.270 e. The zero-order chi connectivity index (χ0) is 22.0.